The summed E-state index contributed by atoms with van der Waals surface area (Å²) >= 11 is 0. The Kier molecular flexibility index (Phi) is 8.52. The lowest BCUT2D eigenvalue weighted by Crippen LogP contribution is -2.33. The number of rotatable bonds is 10. The Bertz CT molecular complexity index is 310. The Labute approximate surface area is 119 Å². The fraction of sp³-hybridized carbons (Fsp3) is 0.647. The van der Waals surface area contributed by atoms with Crippen LogP contribution in [0.5, 0.6) is 0 Å². The van der Waals surface area contributed by atoms with Crippen molar-refractivity contribution < 1.29 is 0 Å². The molecule has 1 aromatic rings. The molecule has 0 fully saturated rings. The molecule has 1 unspecified atom stereocenters. The highest BCUT2D eigenvalue weighted by molar-refractivity contribution is 5.18. The van der Waals surface area contributed by atoms with Crippen molar-refractivity contribution >= 4 is 0 Å². The van der Waals surface area contributed by atoms with E-state index in [1.54, 1.807) is 0 Å². The van der Waals surface area contributed by atoms with Crippen molar-refractivity contribution in [2.75, 3.05) is 32.7 Å². The molecule has 0 aliphatic rings. The van der Waals surface area contributed by atoms with E-state index < -0.39 is 0 Å². The molecule has 2 heteroatoms. The molecule has 0 aliphatic heterocycles. The first-order valence-corrected chi connectivity index (χ1v) is 7.75. The quantitative estimate of drug-likeness (QED) is 0.649. The third kappa shape index (κ3) is 6.74. The van der Waals surface area contributed by atoms with Crippen LogP contribution in [0.15, 0.2) is 30.3 Å². The number of nitrogens with zero attached hydrogens (tertiary/aromatic N) is 1. The molecule has 0 saturated carbocycles. The van der Waals surface area contributed by atoms with Crippen LogP contribution in [0.25, 0.3) is 0 Å². The van der Waals surface area contributed by atoms with E-state index >= 15 is 0 Å². The number of nitrogens with one attached hydrogen (secondary N) is 1. The van der Waals surface area contributed by atoms with Crippen molar-refractivity contribution in [3.8, 4) is 0 Å². The predicted molar refractivity (Wildman–Crippen MR) is 84.7 cm³/mol. The smallest absolute Gasteiger partial charge is 0.0107 e. The molecule has 1 aromatic carbocycles. The predicted octanol–water partition coefficient (Wildman–Crippen LogP) is 3.50. The van der Waals surface area contributed by atoms with Crippen molar-refractivity contribution in [1.82, 2.24) is 10.2 Å². The molecule has 0 aliphatic carbocycles. The van der Waals surface area contributed by atoms with Gasteiger partial charge in [0.2, 0.25) is 0 Å². The van der Waals surface area contributed by atoms with Crippen molar-refractivity contribution in [1.29, 1.82) is 0 Å². The van der Waals surface area contributed by atoms with Crippen LogP contribution in [-0.4, -0.2) is 37.6 Å². The van der Waals surface area contributed by atoms with Gasteiger partial charge in [-0.15, -0.1) is 0 Å². The summed E-state index contributed by atoms with van der Waals surface area (Å²) in [6.07, 6.45) is 2.46. The Morgan fingerprint density at radius 1 is 1.05 bits per heavy atom. The van der Waals surface area contributed by atoms with Gasteiger partial charge in [-0.2, -0.15) is 0 Å². The monoisotopic (exact) mass is 262 g/mol. The van der Waals surface area contributed by atoms with Crippen molar-refractivity contribution in [2.24, 2.45) is 0 Å². The average molecular weight is 262 g/mol. The van der Waals surface area contributed by atoms with Gasteiger partial charge in [0.15, 0.2) is 0 Å². The highest BCUT2D eigenvalue weighted by Gasteiger charge is 2.04. The molecule has 1 rings (SSSR count). The van der Waals surface area contributed by atoms with Gasteiger partial charge in [0.05, 0.1) is 0 Å². The van der Waals surface area contributed by atoms with Crippen LogP contribution in [0, 0.1) is 0 Å². The molecule has 0 spiro atoms. The molecule has 108 valence electrons. The summed E-state index contributed by atoms with van der Waals surface area (Å²) in [5, 5.41) is 3.57. The highest BCUT2D eigenvalue weighted by Crippen LogP contribution is 2.17. The fourth-order valence-electron chi connectivity index (χ4n) is 2.37. The molecular weight excluding hydrogens is 232 g/mol. The van der Waals surface area contributed by atoms with E-state index in [2.05, 4.69) is 61.3 Å². The highest BCUT2D eigenvalue weighted by atomic mass is 15.1. The van der Waals surface area contributed by atoms with Crippen molar-refractivity contribution in [3.63, 3.8) is 0 Å². The lowest BCUT2D eigenvalue weighted by atomic mass is 9.98. The summed E-state index contributed by atoms with van der Waals surface area (Å²) in [5.74, 6) is 0.645. The fourth-order valence-corrected chi connectivity index (χ4v) is 2.37. The van der Waals surface area contributed by atoms with Crippen molar-refractivity contribution in [2.45, 2.75) is 39.5 Å². The maximum Gasteiger partial charge on any atom is 0.0107 e. The van der Waals surface area contributed by atoms with Gasteiger partial charge in [0, 0.05) is 13.1 Å². The Balaban J connectivity index is 2.10. The standard InChI is InChI=1S/C17H30N2/c1-4-14-19(5-2)15-13-18-12-11-16(3)17-9-7-6-8-10-17/h6-10,16,18H,4-5,11-15H2,1-3H3. The van der Waals surface area contributed by atoms with Crippen LogP contribution < -0.4 is 5.32 Å². The number of hydrogen-bond donors (Lipinski definition) is 1. The van der Waals surface area contributed by atoms with Gasteiger partial charge in [-0.25, -0.2) is 0 Å². The first kappa shape index (κ1) is 16.2. The maximum atomic E-state index is 3.57. The Hall–Kier alpha value is -0.860. The van der Waals surface area contributed by atoms with E-state index in [9.17, 15) is 0 Å². The van der Waals surface area contributed by atoms with Crippen LogP contribution in [0.3, 0.4) is 0 Å². The molecule has 0 aromatic heterocycles. The molecule has 0 heterocycles. The zero-order chi connectivity index (χ0) is 13.9. The summed E-state index contributed by atoms with van der Waals surface area (Å²) < 4.78 is 0. The van der Waals surface area contributed by atoms with Gasteiger partial charge in [-0.3, -0.25) is 0 Å². The molecule has 19 heavy (non-hydrogen) atoms. The van der Waals surface area contributed by atoms with Gasteiger partial charge in [-0.1, -0.05) is 51.1 Å². The maximum absolute atomic E-state index is 3.57. The molecule has 1 N–H and O–H groups in total. The van der Waals surface area contributed by atoms with Crippen LogP contribution in [0.2, 0.25) is 0 Å². The first-order chi connectivity index (χ1) is 9.27. The van der Waals surface area contributed by atoms with Crippen LogP contribution in [-0.2, 0) is 0 Å². The molecule has 0 radical (unpaired) electrons. The molecule has 0 saturated heterocycles. The normalized spacial score (nSPS) is 12.8. The lowest BCUT2D eigenvalue weighted by molar-refractivity contribution is 0.287. The van der Waals surface area contributed by atoms with E-state index in [1.807, 2.05) is 0 Å². The minimum absolute atomic E-state index is 0.645. The zero-order valence-corrected chi connectivity index (χ0v) is 12.9. The van der Waals surface area contributed by atoms with Gasteiger partial charge in [0.25, 0.3) is 0 Å². The summed E-state index contributed by atoms with van der Waals surface area (Å²) in [4.78, 5) is 2.51. The van der Waals surface area contributed by atoms with E-state index in [0.29, 0.717) is 5.92 Å². The van der Waals surface area contributed by atoms with Crippen molar-refractivity contribution in [3.05, 3.63) is 35.9 Å². The van der Waals surface area contributed by atoms with E-state index in [-0.39, 0.29) is 0 Å². The number of likely N-dealkylation sites (N-methyl/N-ethyl adjacent to an activating group) is 1. The summed E-state index contributed by atoms with van der Waals surface area (Å²) in [7, 11) is 0. The minimum Gasteiger partial charge on any atom is -0.315 e. The molecule has 1 atom stereocenters. The van der Waals surface area contributed by atoms with E-state index in [1.165, 1.54) is 31.5 Å². The topological polar surface area (TPSA) is 15.3 Å². The lowest BCUT2D eigenvalue weighted by Gasteiger charge is -2.20. The summed E-state index contributed by atoms with van der Waals surface area (Å²) in [6.45, 7) is 12.6. The zero-order valence-electron chi connectivity index (χ0n) is 12.9. The SMILES string of the molecule is CCCN(CC)CCNCCC(C)c1ccccc1. The molecule has 0 bridgehead atoms. The second-order valence-electron chi connectivity index (χ2n) is 5.28. The second-order valence-corrected chi connectivity index (χ2v) is 5.28. The second kappa shape index (κ2) is 9.99. The Morgan fingerprint density at radius 3 is 2.42 bits per heavy atom. The number of benzene rings is 1. The first-order valence-electron chi connectivity index (χ1n) is 7.75. The third-order valence-electron chi connectivity index (χ3n) is 3.71. The molecule has 0 amide bonds. The van der Waals surface area contributed by atoms with E-state index in [4.69, 9.17) is 0 Å². The van der Waals surface area contributed by atoms with Gasteiger partial charge < -0.3 is 10.2 Å². The molecule has 2 nitrogen and oxygen atoms in total. The van der Waals surface area contributed by atoms with Crippen LogP contribution >= 0.6 is 0 Å². The average Bonchev–Trinajstić information content (AvgIpc) is 2.46. The van der Waals surface area contributed by atoms with Gasteiger partial charge in [-0.05, 0) is 44.0 Å². The Morgan fingerprint density at radius 2 is 1.79 bits per heavy atom. The van der Waals surface area contributed by atoms with Crippen LogP contribution in [0.4, 0.5) is 0 Å². The summed E-state index contributed by atoms with van der Waals surface area (Å²) in [6, 6.07) is 10.8. The van der Waals surface area contributed by atoms with Crippen LogP contribution in [0.1, 0.15) is 45.1 Å². The third-order valence-corrected chi connectivity index (χ3v) is 3.71. The molecular formula is C17H30N2. The van der Waals surface area contributed by atoms with E-state index in [0.717, 1.165) is 19.6 Å². The largest absolute Gasteiger partial charge is 0.315 e. The number of hydrogen-bond acceptors (Lipinski definition) is 2. The minimum atomic E-state index is 0.645. The van der Waals surface area contributed by atoms with Gasteiger partial charge in [0.1, 0.15) is 0 Å². The van der Waals surface area contributed by atoms with Gasteiger partial charge >= 0.3 is 0 Å². The summed E-state index contributed by atoms with van der Waals surface area (Å²) in [5.41, 5.74) is 1.45.